The number of hydrogen-bond acceptors (Lipinski definition) is 7. The third-order valence-corrected chi connectivity index (χ3v) is 4.59. The number of hydrogen-bond donors (Lipinski definition) is 0. The van der Waals surface area contributed by atoms with Crippen molar-refractivity contribution >= 4 is 5.91 Å². The van der Waals surface area contributed by atoms with Crippen molar-refractivity contribution in [1.82, 2.24) is 19.9 Å². The Kier molecular flexibility index (Phi) is 5.80. The minimum absolute atomic E-state index is 0.0889. The average Bonchev–Trinajstić information content (AvgIpc) is 3.36. The molecule has 0 radical (unpaired) electrons. The van der Waals surface area contributed by atoms with Crippen molar-refractivity contribution in [3.05, 3.63) is 29.6 Å². The summed E-state index contributed by atoms with van der Waals surface area (Å²) in [4.78, 5) is 14.8. The van der Waals surface area contributed by atoms with E-state index in [1.54, 1.807) is 28.8 Å². The zero-order valence-electron chi connectivity index (χ0n) is 16.0. The fourth-order valence-corrected chi connectivity index (χ4v) is 3.24. The number of likely N-dealkylation sites (tertiary alicyclic amines) is 1. The van der Waals surface area contributed by atoms with Crippen LogP contribution in [0.1, 0.15) is 28.5 Å². The summed E-state index contributed by atoms with van der Waals surface area (Å²) in [5, 5.41) is 8.23. The summed E-state index contributed by atoms with van der Waals surface area (Å²) in [6.45, 7) is 1.62. The van der Waals surface area contributed by atoms with Gasteiger partial charge in [0.1, 0.15) is 5.69 Å². The van der Waals surface area contributed by atoms with Gasteiger partial charge >= 0.3 is 0 Å². The minimum Gasteiger partial charge on any atom is -0.493 e. The van der Waals surface area contributed by atoms with Gasteiger partial charge in [0.15, 0.2) is 11.5 Å². The molecule has 2 heterocycles. The molecule has 1 aliphatic heterocycles. The van der Waals surface area contributed by atoms with Crippen molar-refractivity contribution in [3.63, 3.8) is 0 Å². The molecule has 0 spiro atoms. The van der Waals surface area contributed by atoms with E-state index in [-0.39, 0.29) is 11.9 Å². The fourth-order valence-electron chi connectivity index (χ4n) is 3.24. The molecule has 2 aromatic rings. The van der Waals surface area contributed by atoms with Gasteiger partial charge in [0.05, 0.1) is 40.2 Å². The van der Waals surface area contributed by atoms with Crippen LogP contribution < -0.4 is 14.2 Å². The van der Waals surface area contributed by atoms with Gasteiger partial charge in [-0.1, -0.05) is 5.21 Å². The quantitative estimate of drug-likeness (QED) is 0.724. The molecule has 3 rings (SSSR count). The predicted octanol–water partition coefficient (Wildman–Crippen LogP) is 1.54. The van der Waals surface area contributed by atoms with E-state index in [1.165, 1.54) is 21.3 Å². The molecule has 1 aromatic heterocycles. The van der Waals surface area contributed by atoms with Crippen LogP contribution in [0.3, 0.4) is 0 Å². The Labute approximate surface area is 157 Å². The number of aromatic nitrogens is 3. The molecule has 1 atom stereocenters. The van der Waals surface area contributed by atoms with E-state index in [0.29, 0.717) is 42.5 Å². The highest BCUT2D eigenvalue weighted by Gasteiger charge is 2.30. The second kappa shape index (κ2) is 8.26. The molecule has 9 heteroatoms. The lowest BCUT2D eigenvalue weighted by molar-refractivity contribution is 0.0786. The van der Waals surface area contributed by atoms with Crippen molar-refractivity contribution < 1.29 is 23.7 Å². The van der Waals surface area contributed by atoms with E-state index in [0.717, 1.165) is 12.1 Å². The summed E-state index contributed by atoms with van der Waals surface area (Å²) < 4.78 is 22.9. The normalized spacial score (nSPS) is 16.4. The first-order valence-electron chi connectivity index (χ1n) is 8.60. The fraction of sp³-hybridized carbons (Fsp3) is 0.500. The molecule has 1 aromatic carbocycles. The summed E-state index contributed by atoms with van der Waals surface area (Å²) in [6.07, 6.45) is 2.67. The molecular formula is C18H24N4O5. The number of amides is 1. The Balaban J connectivity index is 1.76. The van der Waals surface area contributed by atoms with Crippen molar-refractivity contribution in [1.29, 1.82) is 0 Å². The molecule has 0 bridgehead atoms. The minimum atomic E-state index is -0.0889. The Bertz CT molecular complexity index is 782. The molecule has 1 aliphatic rings. The van der Waals surface area contributed by atoms with Crippen LogP contribution >= 0.6 is 0 Å². The zero-order valence-corrected chi connectivity index (χ0v) is 16.0. The molecular weight excluding hydrogens is 352 g/mol. The standard InChI is InChI=1S/C18H24N4O5/c1-24-11-13-9-22(20-19-13)14-5-6-21(10-14)18(23)12-7-15(25-2)17(27-4)16(8-12)26-3/h7-9,14H,5-6,10-11H2,1-4H3/t14-/m0/s1. The molecule has 1 amide bonds. The molecule has 0 saturated carbocycles. The number of ether oxygens (including phenoxy) is 4. The van der Waals surface area contributed by atoms with Crippen LogP contribution in [-0.4, -0.2) is 67.3 Å². The first kappa shape index (κ1) is 19.0. The van der Waals surface area contributed by atoms with Crippen molar-refractivity contribution in [2.24, 2.45) is 0 Å². The lowest BCUT2D eigenvalue weighted by Crippen LogP contribution is -2.29. The Morgan fingerprint density at radius 3 is 2.44 bits per heavy atom. The SMILES string of the molecule is COCc1cn([C@H]2CCN(C(=O)c3cc(OC)c(OC)c(OC)c3)C2)nn1. The zero-order chi connectivity index (χ0) is 19.4. The third-order valence-electron chi connectivity index (χ3n) is 4.59. The second-order valence-electron chi connectivity index (χ2n) is 6.23. The maximum atomic E-state index is 13.0. The molecule has 1 saturated heterocycles. The summed E-state index contributed by atoms with van der Waals surface area (Å²) in [5.74, 6) is 1.28. The Hall–Kier alpha value is -2.81. The van der Waals surface area contributed by atoms with Crippen LogP contribution in [0.25, 0.3) is 0 Å². The van der Waals surface area contributed by atoms with Gasteiger partial charge in [-0.2, -0.15) is 0 Å². The Morgan fingerprint density at radius 1 is 1.15 bits per heavy atom. The van der Waals surface area contributed by atoms with E-state index >= 15 is 0 Å². The van der Waals surface area contributed by atoms with Gasteiger partial charge in [-0.05, 0) is 18.6 Å². The molecule has 0 N–H and O–H groups in total. The molecule has 1 fully saturated rings. The van der Waals surface area contributed by atoms with Gasteiger partial charge in [0.25, 0.3) is 5.91 Å². The van der Waals surface area contributed by atoms with Gasteiger partial charge in [-0.25, -0.2) is 4.68 Å². The smallest absolute Gasteiger partial charge is 0.254 e. The number of nitrogens with zero attached hydrogens (tertiary/aromatic N) is 4. The van der Waals surface area contributed by atoms with E-state index in [4.69, 9.17) is 18.9 Å². The highest BCUT2D eigenvalue weighted by molar-refractivity contribution is 5.95. The summed E-state index contributed by atoms with van der Waals surface area (Å²) >= 11 is 0. The number of carbonyl (C=O) groups excluding carboxylic acids is 1. The van der Waals surface area contributed by atoms with Crippen LogP contribution in [0.2, 0.25) is 0 Å². The molecule has 27 heavy (non-hydrogen) atoms. The van der Waals surface area contributed by atoms with Crippen LogP contribution in [0.5, 0.6) is 17.2 Å². The topological polar surface area (TPSA) is 87.9 Å². The summed E-state index contributed by atoms with van der Waals surface area (Å²) in [6, 6.07) is 3.43. The molecule has 0 aliphatic carbocycles. The molecule has 0 unspecified atom stereocenters. The van der Waals surface area contributed by atoms with Crippen LogP contribution in [0, 0.1) is 0 Å². The first-order chi connectivity index (χ1) is 13.1. The van der Waals surface area contributed by atoms with Crippen LogP contribution in [-0.2, 0) is 11.3 Å². The first-order valence-corrected chi connectivity index (χ1v) is 8.60. The monoisotopic (exact) mass is 376 g/mol. The van der Waals surface area contributed by atoms with Crippen molar-refractivity contribution in [2.45, 2.75) is 19.1 Å². The average molecular weight is 376 g/mol. The van der Waals surface area contributed by atoms with Gasteiger partial charge in [-0.3, -0.25) is 4.79 Å². The van der Waals surface area contributed by atoms with Gasteiger partial charge < -0.3 is 23.8 Å². The summed E-state index contributed by atoms with van der Waals surface area (Å²) in [5.41, 5.74) is 1.26. The number of methoxy groups -OCH3 is 4. The van der Waals surface area contributed by atoms with Crippen LogP contribution in [0.4, 0.5) is 0 Å². The molecule has 146 valence electrons. The highest BCUT2D eigenvalue weighted by atomic mass is 16.5. The second-order valence-corrected chi connectivity index (χ2v) is 6.23. The number of benzene rings is 1. The number of rotatable bonds is 7. The van der Waals surface area contributed by atoms with Crippen LogP contribution in [0.15, 0.2) is 18.3 Å². The lowest BCUT2D eigenvalue weighted by Gasteiger charge is -2.19. The van der Waals surface area contributed by atoms with Gasteiger partial charge in [0, 0.05) is 25.8 Å². The van der Waals surface area contributed by atoms with E-state index in [1.807, 2.05) is 6.20 Å². The number of carbonyl (C=O) groups is 1. The lowest BCUT2D eigenvalue weighted by atomic mass is 10.1. The van der Waals surface area contributed by atoms with E-state index in [2.05, 4.69) is 10.3 Å². The predicted molar refractivity (Wildman–Crippen MR) is 96.4 cm³/mol. The molecule has 9 nitrogen and oxygen atoms in total. The maximum Gasteiger partial charge on any atom is 0.254 e. The third kappa shape index (κ3) is 3.82. The van der Waals surface area contributed by atoms with Gasteiger partial charge in [-0.15, -0.1) is 5.10 Å². The Morgan fingerprint density at radius 2 is 1.85 bits per heavy atom. The van der Waals surface area contributed by atoms with Gasteiger partial charge in [0.2, 0.25) is 5.75 Å². The van der Waals surface area contributed by atoms with E-state index in [9.17, 15) is 4.79 Å². The van der Waals surface area contributed by atoms with Crippen molar-refractivity contribution in [2.75, 3.05) is 41.5 Å². The maximum absolute atomic E-state index is 13.0. The summed E-state index contributed by atoms with van der Waals surface area (Å²) in [7, 11) is 6.20. The van der Waals surface area contributed by atoms with Crippen molar-refractivity contribution in [3.8, 4) is 17.2 Å². The largest absolute Gasteiger partial charge is 0.493 e. The van der Waals surface area contributed by atoms with E-state index < -0.39 is 0 Å². The highest BCUT2D eigenvalue weighted by Crippen LogP contribution is 2.38.